The standard InChI is InChI=1S/2C3H6O3.3Ca.2H2O4S.3H2O/c2*1-2(4)3(5)6;;;;2*1-5(2,3)4;;;/h2*2,4H,1H3,(H,5,6);;;;2*(H2,1,2,3,4);3*1H2/q;;3*+2;;;;;/p-6. The summed E-state index contributed by atoms with van der Waals surface area (Å²) in [5.74, 6) is -2.87. The zero-order valence-corrected chi connectivity index (χ0v) is 22.6. The molecule has 0 aliphatic carbocycles. The van der Waals surface area contributed by atoms with Crippen LogP contribution >= 0.6 is 0 Å². The van der Waals surface area contributed by atoms with Crippen LogP contribution in [0.15, 0.2) is 0 Å². The van der Waals surface area contributed by atoms with Crippen molar-refractivity contribution >= 4 is 146 Å². The van der Waals surface area contributed by atoms with E-state index >= 15 is 0 Å². The Morgan fingerprint density at radius 1 is 0.643 bits per heavy atom. The van der Waals surface area contributed by atoms with Crippen LogP contribution in [0, 0.1) is 0 Å². The number of aliphatic hydroxyl groups is 2. The second-order valence-corrected chi connectivity index (χ2v) is 4.44. The molecule has 17 nitrogen and oxygen atoms in total. The van der Waals surface area contributed by atoms with Gasteiger partial charge in [0.2, 0.25) is 0 Å². The molecule has 8 N–H and O–H groups in total. The molecule has 28 heavy (non-hydrogen) atoms. The van der Waals surface area contributed by atoms with Crippen molar-refractivity contribution in [2.45, 2.75) is 26.1 Å². The van der Waals surface area contributed by atoms with Crippen LogP contribution in [0.1, 0.15) is 13.8 Å². The van der Waals surface area contributed by atoms with Crippen LogP contribution in [-0.4, -0.2) is 199 Å². The normalized spacial score (nSPS) is 10.0. The van der Waals surface area contributed by atoms with Gasteiger partial charge in [-0.05, 0) is 13.8 Å². The summed E-state index contributed by atoms with van der Waals surface area (Å²) in [6.07, 6.45) is -2.69. The first-order valence-corrected chi connectivity index (χ1v) is 7.06. The number of carbonyl (C=O) groups excluding carboxylic acids is 2. The molecule has 2 unspecified atom stereocenters. The van der Waals surface area contributed by atoms with Gasteiger partial charge in [-0.15, -0.1) is 0 Å². The smallest absolute Gasteiger partial charge is 0.759 e. The number of hydrogen-bond acceptors (Lipinski definition) is 14. The molecule has 0 spiro atoms. The van der Waals surface area contributed by atoms with Gasteiger partial charge in [0.1, 0.15) is 0 Å². The number of aliphatic carboxylic acids is 2. The number of carboxylic acids is 2. The van der Waals surface area contributed by atoms with Gasteiger partial charge in [-0.3, -0.25) is 16.8 Å². The second kappa shape index (κ2) is 33.9. The first kappa shape index (κ1) is 63.1. The molecule has 0 heterocycles. The van der Waals surface area contributed by atoms with Crippen molar-refractivity contribution in [2.75, 3.05) is 0 Å². The Morgan fingerprint density at radius 3 is 0.679 bits per heavy atom. The van der Waals surface area contributed by atoms with Crippen molar-refractivity contribution in [1.29, 1.82) is 0 Å². The van der Waals surface area contributed by atoms with Gasteiger partial charge < -0.3 is 64.7 Å². The van der Waals surface area contributed by atoms with Crippen molar-refractivity contribution in [3.8, 4) is 0 Å². The van der Waals surface area contributed by atoms with Crippen LogP contribution in [0.4, 0.5) is 0 Å². The van der Waals surface area contributed by atoms with Gasteiger partial charge in [0.15, 0.2) is 0 Å². The largest absolute Gasteiger partial charge is 2.00 e. The summed E-state index contributed by atoms with van der Waals surface area (Å²) in [6, 6.07) is 0. The molecular weight excluding hydrogens is 528 g/mol. The van der Waals surface area contributed by atoms with Crippen molar-refractivity contribution in [3.05, 3.63) is 0 Å². The maximum atomic E-state index is 9.34. The van der Waals surface area contributed by atoms with Crippen molar-refractivity contribution < 1.29 is 81.5 Å². The third-order valence-corrected chi connectivity index (χ3v) is 0.682. The number of aliphatic hydroxyl groups excluding tert-OH is 2. The fraction of sp³-hybridized carbons (Fsp3) is 0.667. The topological polar surface area (TPSA) is 376 Å². The number of rotatable bonds is 2. The summed E-state index contributed by atoms with van der Waals surface area (Å²) < 4.78 is 68.2. The van der Waals surface area contributed by atoms with Gasteiger partial charge in [0.05, 0.1) is 24.1 Å². The minimum absolute atomic E-state index is 0. The van der Waals surface area contributed by atoms with E-state index in [1.807, 2.05) is 0 Å². The van der Waals surface area contributed by atoms with Gasteiger partial charge in [0.25, 0.3) is 0 Å². The molecule has 0 aliphatic heterocycles. The van der Waals surface area contributed by atoms with Gasteiger partial charge in [-0.25, -0.2) is 0 Å². The molecule has 0 rings (SSSR count). The molecule has 160 valence electrons. The van der Waals surface area contributed by atoms with Gasteiger partial charge in [-0.2, -0.15) is 0 Å². The molecule has 0 bridgehead atoms. The summed E-state index contributed by atoms with van der Waals surface area (Å²) in [5.41, 5.74) is 0. The number of hydrogen-bond donors (Lipinski definition) is 2. The maximum Gasteiger partial charge on any atom is 2.00 e. The van der Waals surface area contributed by atoms with E-state index in [4.69, 9.17) is 45.3 Å². The summed E-state index contributed by atoms with van der Waals surface area (Å²) in [4.78, 5) is 18.7. The molecule has 0 aromatic carbocycles. The summed E-state index contributed by atoms with van der Waals surface area (Å²) >= 11 is 0. The van der Waals surface area contributed by atoms with Crippen molar-refractivity contribution in [2.24, 2.45) is 0 Å². The number of carbonyl (C=O) groups is 2. The van der Waals surface area contributed by atoms with Gasteiger partial charge >= 0.3 is 113 Å². The molecule has 0 amide bonds. The van der Waals surface area contributed by atoms with Crippen LogP contribution in [0.2, 0.25) is 0 Å². The third-order valence-electron chi connectivity index (χ3n) is 0.682. The first-order chi connectivity index (χ1) is 9.29. The molecule has 0 aliphatic rings. The van der Waals surface area contributed by atoms with E-state index in [-0.39, 0.29) is 130 Å². The molecule has 0 saturated carbocycles. The first-order valence-electron chi connectivity index (χ1n) is 4.40. The zero-order chi connectivity index (χ0) is 19.3. The minimum atomic E-state index is -5.17. The van der Waals surface area contributed by atoms with E-state index in [0.717, 1.165) is 13.8 Å². The van der Waals surface area contributed by atoms with Crippen molar-refractivity contribution in [3.63, 3.8) is 0 Å². The predicted molar refractivity (Wildman–Crippen MR) is 82.4 cm³/mol. The minimum Gasteiger partial charge on any atom is -0.759 e. The average Bonchev–Trinajstić information content (AvgIpc) is 2.12. The average molecular weight is 545 g/mol. The van der Waals surface area contributed by atoms with E-state index in [1.54, 1.807) is 0 Å². The van der Waals surface area contributed by atoms with Crippen molar-refractivity contribution in [1.82, 2.24) is 0 Å². The Balaban J connectivity index is -0.0000000181. The van der Waals surface area contributed by atoms with Crippen LogP contribution in [-0.2, 0) is 30.4 Å². The summed E-state index contributed by atoms with van der Waals surface area (Å²) in [5, 5.41) is 34.6. The molecule has 0 radical (unpaired) electrons. The van der Waals surface area contributed by atoms with E-state index in [9.17, 15) is 19.8 Å². The fourth-order valence-electron chi connectivity index (χ4n) is 0. The Hall–Kier alpha value is 2.26. The van der Waals surface area contributed by atoms with Crippen LogP contribution in [0.25, 0.3) is 0 Å². The summed E-state index contributed by atoms with van der Waals surface area (Å²) in [7, 11) is -10.3. The molecule has 0 fully saturated rings. The van der Waals surface area contributed by atoms with Crippen LogP contribution in [0.3, 0.4) is 0 Å². The van der Waals surface area contributed by atoms with E-state index < -0.39 is 44.9 Å². The van der Waals surface area contributed by atoms with Crippen LogP contribution < -0.4 is 10.2 Å². The summed E-state index contributed by atoms with van der Waals surface area (Å²) in [6.45, 7) is 2.27. The quantitative estimate of drug-likeness (QED) is 0.185. The van der Waals surface area contributed by atoms with E-state index in [2.05, 4.69) is 0 Å². The second-order valence-electron chi connectivity index (χ2n) is 2.81. The molecule has 22 heteroatoms. The van der Waals surface area contributed by atoms with E-state index in [0.29, 0.717) is 0 Å². The van der Waals surface area contributed by atoms with E-state index in [1.165, 1.54) is 0 Å². The monoisotopic (exact) mass is 544 g/mol. The number of carboxylic acid groups (broad SMARTS) is 2. The molecule has 2 atom stereocenters. The molecule has 0 aromatic heterocycles. The Morgan fingerprint density at radius 2 is 0.679 bits per heavy atom. The fourth-order valence-corrected chi connectivity index (χ4v) is 0. The zero-order valence-electron chi connectivity index (χ0n) is 14.4. The van der Waals surface area contributed by atoms with Gasteiger partial charge in [0, 0.05) is 20.8 Å². The molecular formula is C6H16Ca3O17S2. The SMILES string of the molecule is CC(O)C(=O)[O-].CC(O)C(=O)[O-].O.O.O.O=S(=O)([O-])[O-].O=S(=O)([O-])[O-].[Ca+2].[Ca+2].[Ca+2]. The predicted octanol–water partition coefficient (Wildman–Crippen LogP) is -10.1. The Bertz CT molecular complexity index is 451. The Labute approximate surface area is 249 Å². The molecule has 0 aromatic rings. The molecule has 0 saturated heterocycles. The van der Waals surface area contributed by atoms with Crippen LogP contribution in [0.5, 0.6) is 0 Å². The maximum absolute atomic E-state index is 9.34. The third kappa shape index (κ3) is 200. The van der Waals surface area contributed by atoms with Gasteiger partial charge in [-0.1, -0.05) is 0 Å². The Kier molecular flexibility index (Phi) is 76.4.